The second-order valence-corrected chi connectivity index (χ2v) is 6.61. The zero-order chi connectivity index (χ0) is 23.3. The molecule has 0 fully saturated rings. The second kappa shape index (κ2) is 12.6. The van der Waals surface area contributed by atoms with Crippen molar-refractivity contribution in [1.29, 1.82) is 0 Å². The van der Waals surface area contributed by atoms with Gasteiger partial charge in [0.15, 0.2) is 0 Å². The Kier molecular flexibility index (Phi) is 9.51. The monoisotopic (exact) mass is 442 g/mol. The fourth-order valence-electron chi connectivity index (χ4n) is 2.75. The molecule has 2 rings (SSSR count). The summed E-state index contributed by atoms with van der Waals surface area (Å²) in [5, 5.41) is 0. The number of amides is 4. The molecule has 0 unspecified atom stereocenters. The molecule has 170 valence electrons. The minimum atomic E-state index is -0.499. The normalized spacial score (nSPS) is 9.94. The molecule has 10 nitrogen and oxygen atoms in total. The van der Waals surface area contributed by atoms with Gasteiger partial charge in [-0.3, -0.25) is 40.9 Å². The number of carbonyl (C=O) groups is 4. The van der Waals surface area contributed by atoms with Gasteiger partial charge in [-0.1, -0.05) is 24.3 Å². The third-order valence-electron chi connectivity index (χ3n) is 4.39. The molecule has 0 aromatic heterocycles. The first-order valence-electron chi connectivity index (χ1n) is 9.90. The number of hydrogen-bond donors (Lipinski definition) is 4. The highest BCUT2D eigenvalue weighted by atomic mass is 16.5. The first-order chi connectivity index (χ1) is 15.5. The van der Waals surface area contributed by atoms with Gasteiger partial charge in [0.1, 0.15) is 11.5 Å². The summed E-state index contributed by atoms with van der Waals surface area (Å²) in [5.74, 6) is -0.996. The molecule has 0 saturated carbocycles. The fraction of sp³-hybridized carbons (Fsp3) is 0.273. The molecule has 0 radical (unpaired) electrons. The minimum Gasteiger partial charge on any atom is -0.496 e. The number of ether oxygens (including phenoxy) is 2. The highest BCUT2D eigenvalue weighted by Crippen LogP contribution is 2.17. The first kappa shape index (κ1) is 24.2. The van der Waals surface area contributed by atoms with Crippen molar-refractivity contribution in [2.45, 2.75) is 25.7 Å². The van der Waals surface area contributed by atoms with E-state index in [0.29, 0.717) is 35.5 Å². The molecule has 0 saturated heterocycles. The average Bonchev–Trinajstić information content (AvgIpc) is 2.83. The zero-order valence-electron chi connectivity index (χ0n) is 17.9. The third kappa shape index (κ3) is 7.31. The van der Waals surface area contributed by atoms with E-state index < -0.39 is 23.6 Å². The minimum absolute atomic E-state index is 0.118. The molecular weight excluding hydrogens is 416 g/mol. The van der Waals surface area contributed by atoms with Crippen LogP contribution >= 0.6 is 0 Å². The molecule has 4 amide bonds. The average molecular weight is 442 g/mol. The van der Waals surface area contributed by atoms with Crippen LogP contribution in [0.1, 0.15) is 46.4 Å². The van der Waals surface area contributed by atoms with Gasteiger partial charge in [0.05, 0.1) is 25.3 Å². The number of carbonyl (C=O) groups excluding carboxylic acids is 4. The van der Waals surface area contributed by atoms with E-state index >= 15 is 0 Å². The van der Waals surface area contributed by atoms with Gasteiger partial charge in [0.2, 0.25) is 11.8 Å². The van der Waals surface area contributed by atoms with Crippen molar-refractivity contribution in [3.8, 4) is 11.5 Å². The molecule has 10 heteroatoms. The summed E-state index contributed by atoms with van der Waals surface area (Å²) in [6.07, 6.45) is 1.08. The molecule has 0 atom stereocenters. The molecule has 2 aromatic rings. The van der Waals surface area contributed by atoms with E-state index in [4.69, 9.17) is 9.47 Å². The van der Waals surface area contributed by atoms with Crippen molar-refractivity contribution in [3.63, 3.8) is 0 Å². The molecule has 2 aromatic carbocycles. The Morgan fingerprint density at radius 2 is 1.00 bits per heavy atom. The topological polar surface area (TPSA) is 135 Å². The zero-order valence-corrected chi connectivity index (χ0v) is 17.9. The SMILES string of the molecule is COc1ccccc1C(=O)NNC(=O)CCCCC(=O)NNC(=O)c1ccccc1OC. The van der Waals surface area contributed by atoms with Crippen LogP contribution in [0, 0.1) is 0 Å². The molecule has 4 N–H and O–H groups in total. The summed E-state index contributed by atoms with van der Waals surface area (Å²) in [5.41, 5.74) is 9.89. The highest BCUT2D eigenvalue weighted by molar-refractivity contribution is 5.98. The highest BCUT2D eigenvalue weighted by Gasteiger charge is 2.13. The molecule has 0 aliphatic heterocycles. The van der Waals surface area contributed by atoms with Crippen molar-refractivity contribution < 1.29 is 28.7 Å². The molecule has 0 heterocycles. The number of benzene rings is 2. The van der Waals surface area contributed by atoms with E-state index in [9.17, 15) is 19.2 Å². The molecule has 0 aliphatic carbocycles. The predicted octanol–water partition coefficient (Wildman–Crippen LogP) is 1.49. The molecule has 32 heavy (non-hydrogen) atoms. The van der Waals surface area contributed by atoms with E-state index in [2.05, 4.69) is 21.7 Å². The van der Waals surface area contributed by atoms with Crippen molar-refractivity contribution in [2.24, 2.45) is 0 Å². The number of nitrogens with one attached hydrogen (secondary N) is 4. The van der Waals surface area contributed by atoms with E-state index in [1.807, 2.05) is 0 Å². The number of rotatable bonds is 9. The van der Waals surface area contributed by atoms with Crippen LogP contribution < -0.4 is 31.2 Å². The molecular formula is C22H26N4O6. The Morgan fingerprint density at radius 1 is 0.625 bits per heavy atom. The van der Waals surface area contributed by atoms with Crippen LogP contribution in [-0.2, 0) is 9.59 Å². The smallest absolute Gasteiger partial charge is 0.273 e. The quantitative estimate of drug-likeness (QED) is 0.343. The van der Waals surface area contributed by atoms with Crippen molar-refractivity contribution in [1.82, 2.24) is 21.7 Å². The van der Waals surface area contributed by atoms with Gasteiger partial charge in [-0.2, -0.15) is 0 Å². The van der Waals surface area contributed by atoms with Crippen molar-refractivity contribution >= 4 is 23.6 Å². The Hall–Kier alpha value is -4.08. The summed E-state index contributed by atoms with van der Waals surface area (Å²) >= 11 is 0. The largest absolute Gasteiger partial charge is 0.496 e. The standard InChI is InChI=1S/C22H26N4O6/c1-31-17-11-5-3-9-15(17)21(29)25-23-19(27)13-7-8-14-20(28)24-26-22(30)16-10-4-6-12-18(16)32-2/h3-6,9-12H,7-8,13-14H2,1-2H3,(H,23,27)(H,24,28)(H,25,29)(H,26,30). The summed E-state index contributed by atoms with van der Waals surface area (Å²) in [7, 11) is 2.90. The van der Waals surface area contributed by atoms with Crippen molar-refractivity contribution in [3.05, 3.63) is 59.7 Å². The lowest BCUT2D eigenvalue weighted by atomic mass is 10.2. The Labute approximate surface area is 185 Å². The van der Waals surface area contributed by atoms with Crippen LogP contribution in [0.2, 0.25) is 0 Å². The number of unbranched alkanes of at least 4 members (excludes halogenated alkanes) is 1. The van der Waals surface area contributed by atoms with Crippen LogP contribution in [0.25, 0.3) is 0 Å². The summed E-state index contributed by atoms with van der Waals surface area (Å²) in [6.45, 7) is 0. The van der Waals surface area contributed by atoms with E-state index in [1.54, 1.807) is 48.5 Å². The molecule has 0 spiro atoms. The number of para-hydroxylation sites is 2. The van der Waals surface area contributed by atoms with Crippen LogP contribution in [0.3, 0.4) is 0 Å². The summed E-state index contributed by atoms with van der Waals surface area (Å²) in [6, 6.07) is 13.3. The Balaban J connectivity index is 1.63. The van der Waals surface area contributed by atoms with Gasteiger partial charge in [-0.15, -0.1) is 0 Å². The lowest BCUT2D eigenvalue weighted by Crippen LogP contribution is -2.42. The summed E-state index contributed by atoms with van der Waals surface area (Å²) in [4.78, 5) is 48.0. The first-order valence-corrected chi connectivity index (χ1v) is 9.90. The third-order valence-corrected chi connectivity index (χ3v) is 4.39. The Bertz CT molecular complexity index is 885. The molecule has 0 aliphatic rings. The number of methoxy groups -OCH3 is 2. The Morgan fingerprint density at radius 3 is 1.38 bits per heavy atom. The van der Waals surface area contributed by atoms with Gasteiger partial charge in [-0.25, -0.2) is 0 Å². The van der Waals surface area contributed by atoms with E-state index in [1.165, 1.54) is 14.2 Å². The van der Waals surface area contributed by atoms with Crippen molar-refractivity contribution in [2.75, 3.05) is 14.2 Å². The number of hydrogen-bond acceptors (Lipinski definition) is 6. The van der Waals surface area contributed by atoms with Gasteiger partial charge in [0.25, 0.3) is 11.8 Å². The van der Waals surface area contributed by atoms with Crippen LogP contribution in [0.4, 0.5) is 0 Å². The van der Waals surface area contributed by atoms with Gasteiger partial charge in [-0.05, 0) is 37.1 Å². The maximum absolute atomic E-state index is 12.1. The van der Waals surface area contributed by atoms with Crippen LogP contribution in [0.5, 0.6) is 11.5 Å². The van der Waals surface area contributed by atoms with Crippen LogP contribution in [0.15, 0.2) is 48.5 Å². The van der Waals surface area contributed by atoms with E-state index in [0.717, 1.165) is 0 Å². The fourth-order valence-corrected chi connectivity index (χ4v) is 2.75. The van der Waals surface area contributed by atoms with Gasteiger partial charge < -0.3 is 9.47 Å². The maximum atomic E-state index is 12.1. The lowest BCUT2D eigenvalue weighted by molar-refractivity contribution is -0.123. The molecule has 0 bridgehead atoms. The van der Waals surface area contributed by atoms with Crippen LogP contribution in [-0.4, -0.2) is 37.8 Å². The second-order valence-electron chi connectivity index (χ2n) is 6.61. The number of hydrazine groups is 2. The lowest BCUT2D eigenvalue weighted by Gasteiger charge is -2.11. The van der Waals surface area contributed by atoms with Gasteiger partial charge >= 0.3 is 0 Å². The maximum Gasteiger partial charge on any atom is 0.273 e. The van der Waals surface area contributed by atoms with E-state index in [-0.39, 0.29) is 12.8 Å². The predicted molar refractivity (Wildman–Crippen MR) is 116 cm³/mol. The van der Waals surface area contributed by atoms with Gasteiger partial charge in [0, 0.05) is 12.8 Å². The summed E-state index contributed by atoms with van der Waals surface area (Å²) < 4.78 is 10.2.